The van der Waals surface area contributed by atoms with Crippen LogP contribution in [0.2, 0.25) is 0 Å². The van der Waals surface area contributed by atoms with Crippen LogP contribution in [0, 0.1) is 0 Å². The second-order valence-electron chi connectivity index (χ2n) is 12.8. The fourth-order valence-corrected chi connectivity index (χ4v) is 5.35. The molecule has 0 spiro atoms. The summed E-state index contributed by atoms with van der Waals surface area (Å²) in [6.07, 6.45) is 0.465. The Bertz CT molecular complexity index is 1920. The summed E-state index contributed by atoms with van der Waals surface area (Å²) < 4.78 is 0. The lowest BCUT2D eigenvalue weighted by molar-refractivity contribution is -0.124. The Kier molecular flexibility index (Phi) is 15.5. The summed E-state index contributed by atoms with van der Waals surface area (Å²) in [5.41, 5.74) is 21.3. The first kappa shape index (κ1) is 41.6. The van der Waals surface area contributed by atoms with Gasteiger partial charge in [-0.05, 0) is 67.3 Å². The largest absolute Gasteiger partial charge is 0.386 e. The SMILES string of the molecule is CC(N)=N/N=C(\C)c1ccc(C(=O)N[C@@H](Cc2ccccc2)C(=O)NCCNC(=O)[C@H](Cc2ccccc2)NC(=O)c2ccc(/C(C)=N/N=C(N)N)cc2)cc1. The van der Waals surface area contributed by atoms with E-state index < -0.39 is 35.7 Å². The van der Waals surface area contributed by atoms with Gasteiger partial charge in [0.05, 0.1) is 11.4 Å². The molecule has 0 aliphatic heterocycles. The van der Waals surface area contributed by atoms with Gasteiger partial charge < -0.3 is 38.5 Å². The van der Waals surface area contributed by atoms with Crippen molar-refractivity contribution in [1.29, 1.82) is 0 Å². The topological polar surface area (TPSA) is 244 Å². The number of benzene rings is 4. The average molecular weight is 758 g/mol. The molecule has 4 rings (SSSR count). The molecule has 0 bridgehead atoms. The Morgan fingerprint density at radius 3 is 1.21 bits per heavy atom. The van der Waals surface area contributed by atoms with Gasteiger partial charge >= 0.3 is 0 Å². The lowest BCUT2D eigenvalue weighted by Gasteiger charge is -2.20. The van der Waals surface area contributed by atoms with Gasteiger partial charge in [0.25, 0.3) is 11.8 Å². The van der Waals surface area contributed by atoms with E-state index in [0.717, 1.165) is 16.7 Å². The highest BCUT2D eigenvalue weighted by Crippen LogP contribution is 2.11. The zero-order valence-electron chi connectivity index (χ0n) is 31.5. The molecule has 0 aliphatic rings. The van der Waals surface area contributed by atoms with Crippen molar-refractivity contribution in [3.63, 3.8) is 0 Å². The van der Waals surface area contributed by atoms with Crippen molar-refractivity contribution in [3.05, 3.63) is 143 Å². The number of hydrogen-bond donors (Lipinski definition) is 7. The maximum Gasteiger partial charge on any atom is 0.251 e. The number of hydrogen-bond acceptors (Lipinski definition) is 8. The van der Waals surface area contributed by atoms with E-state index in [1.54, 1.807) is 69.3 Å². The summed E-state index contributed by atoms with van der Waals surface area (Å²) in [7, 11) is 0. The number of rotatable bonds is 17. The van der Waals surface area contributed by atoms with Crippen molar-refractivity contribution in [2.24, 2.45) is 37.6 Å². The van der Waals surface area contributed by atoms with Crippen LogP contribution in [0.4, 0.5) is 0 Å². The molecular weight excluding hydrogens is 711 g/mol. The standard InChI is InChI=1S/C41H47N11O4/c1-26(49-51-28(3)42)31-14-18-33(19-15-31)37(53)47-35(24-29-10-6-4-7-11-29)39(55)45-22-23-46-40(56)36(25-30-12-8-5-9-13-30)48-38(54)34-20-16-32(17-21-34)27(2)50-52-41(43)44/h4-21,35-36H,22-25H2,1-3H3,(H2,42,51)(H,45,55)(H,46,56)(H,47,53)(H,48,54)(H4,43,44,52)/b49-26+,50-27+/t35-,36-/m0/s1. The average Bonchev–Trinajstić information content (AvgIpc) is 3.20. The molecule has 290 valence electrons. The minimum Gasteiger partial charge on any atom is -0.386 e. The summed E-state index contributed by atoms with van der Waals surface area (Å²) >= 11 is 0. The quantitative estimate of drug-likeness (QED) is 0.0367. The van der Waals surface area contributed by atoms with Crippen LogP contribution < -0.4 is 38.5 Å². The van der Waals surface area contributed by atoms with Gasteiger partial charge in [-0.2, -0.15) is 10.2 Å². The van der Waals surface area contributed by atoms with Crippen molar-refractivity contribution >= 4 is 46.8 Å². The summed E-state index contributed by atoms with van der Waals surface area (Å²) in [6, 6.07) is 30.2. The third-order valence-corrected chi connectivity index (χ3v) is 8.34. The highest BCUT2D eigenvalue weighted by atomic mass is 16.2. The molecule has 0 radical (unpaired) electrons. The number of carbonyl (C=O) groups excluding carboxylic acids is 4. The van der Waals surface area contributed by atoms with Crippen LogP contribution >= 0.6 is 0 Å². The molecular formula is C41H47N11O4. The first-order chi connectivity index (χ1) is 26.9. The summed E-state index contributed by atoms with van der Waals surface area (Å²) in [6.45, 7) is 5.27. The van der Waals surface area contributed by atoms with E-state index in [9.17, 15) is 19.2 Å². The second-order valence-corrected chi connectivity index (χ2v) is 12.8. The first-order valence-corrected chi connectivity index (χ1v) is 17.8. The van der Waals surface area contributed by atoms with E-state index in [-0.39, 0.29) is 31.9 Å². The Balaban J connectivity index is 1.39. The van der Waals surface area contributed by atoms with Crippen LogP contribution in [-0.2, 0) is 22.4 Å². The van der Waals surface area contributed by atoms with Crippen molar-refractivity contribution in [3.8, 4) is 0 Å². The van der Waals surface area contributed by atoms with Crippen LogP contribution in [-0.4, -0.2) is 72.0 Å². The molecule has 4 amide bonds. The molecule has 0 saturated heterocycles. The molecule has 4 aromatic carbocycles. The number of nitrogens with zero attached hydrogens (tertiary/aromatic N) is 4. The van der Waals surface area contributed by atoms with Gasteiger partial charge in [-0.3, -0.25) is 19.2 Å². The number of nitrogens with two attached hydrogens (primary N) is 3. The molecule has 0 fully saturated rings. The van der Waals surface area contributed by atoms with Crippen molar-refractivity contribution in [2.75, 3.05) is 13.1 Å². The van der Waals surface area contributed by atoms with E-state index in [4.69, 9.17) is 17.2 Å². The lowest BCUT2D eigenvalue weighted by Crippen LogP contribution is -2.51. The summed E-state index contributed by atoms with van der Waals surface area (Å²) in [4.78, 5) is 53.6. The number of carbonyl (C=O) groups is 4. The Hall–Kier alpha value is -7.16. The molecule has 0 saturated carbocycles. The lowest BCUT2D eigenvalue weighted by atomic mass is 10.0. The Labute approximate surface area is 325 Å². The second kappa shape index (κ2) is 20.9. The fraction of sp³-hybridized carbons (Fsp3) is 0.220. The zero-order chi connectivity index (χ0) is 40.5. The number of amidine groups is 1. The van der Waals surface area contributed by atoms with Gasteiger partial charge in [-0.25, -0.2) is 0 Å². The molecule has 4 aromatic rings. The normalized spacial score (nSPS) is 12.8. The molecule has 0 heterocycles. The fourth-order valence-electron chi connectivity index (χ4n) is 5.35. The minimum absolute atomic E-state index is 0.0664. The zero-order valence-corrected chi connectivity index (χ0v) is 31.5. The molecule has 0 aliphatic carbocycles. The maximum atomic E-state index is 13.5. The smallest absolute Gasteiger partial charge is 0.251 e. The number of amides is 4. The number of guanidine groups is 1. The molecule has 15 nitrogen and oxygen atoms in total. The molecule has 0 unspecified atom stereocenters. The number of nitrogens with one attached hydrogen (secondary N) is 4. The van der Waals surface area contributed by atoms with Gasteiger partial charge in [0.1, 0.15) is 17.9 Å². The van der Waals surface area contributed by atoms with Gasteiger partial charge in [-0.1, -0.05) is 84.9 Å². The first-order valence-electron chi connectivity index (χ1n) is 17.8. The molecule has 15 heteroatoms. The molecule has 56 heavy (non-hydrogen) atoms. The van der Waals surface area contributed by atoms with E-state index in [1.165, 1.54) is 0 Å². The van der Waals surface area contributed by atoms with Gasteiger partial charge in [0.15, 0.2) is 0 Å². The van der Waals surface area contributed by atoms with E-state index in [2.05, 4.69) is 41.7 Å². The maximum absolute atomic E-state index is 13.5. The monoisotopic (exact) mass is 757 g/mol. The highest BCUT2D eigenvalue weighted by molar-refractivity contribution is 6.02. The Morgan fingerprint density at radius 2 is 0.857 bits per heavy atom. The van der Waals surface area contributed by atoms with Gasteiger partial charge in [0.2, 0.25) is 17.8 Å². The predicted molar refractivity (Wildman–Crippen MR) is 219 cm³/mol. The van der Waals surface area contributed by atoms with Crippen molar-refractivity contribution in [1.82, 2.24) is 21.3 Å². The van der Waals surface area contributed by atoms with Crippen molar-refractivity contribution < 1.29 is 19.2 Å². The van der Waals surface area contributed by atoms with Gasteiger partial charge in [-0.15, -0.1) is 10.2 Å². The molecule has 10 N–H and O–H groups in total. The van der Waals surface area contributed by atoms with Crippen LogP contribution in [0.15, 0.2) is 130 Å². The highest BCUT2D eigenvalue weighted by Gasteiger charge is 2.24. The van der Waals surface area contributed by atoms with Crippen molar-refractivity contribution in [2.45, 2.75) is 45.7 Å². The molecule has 0 aromatic heterocycles. The van der Waals surface area contributed by atoms with E-state index >= 15 is 0 Å². The summed E-state index contributed by atoms with van der Waals surface area (Å²) in [5.74, 6) is -1.60. The third kappa shape index (κ3) is 13.4. The van der Waals surface area contributed by atoms with Crippen LogP contribution in [0.1, 0.15) is 63.7 Å². The Morgan fingerprint density at radius 1 is 0.500 bits per heavy atom. The predicted octanol–water partition coefficient (Wildman–Crippen LogP) is 2.40. The van der Waals surface area contributed by atoms with Crippen LogP contribution in [0.25, 0.3) is 0 Å². The minimum atomic E-state index is -0.922. The third-order valence-electron chi connectivity index (χ3n) is 8.34. The van der Waals surface area contributed by atoms with E-state index in [0.29, 0.717) is 33.9 Å². The van der Waals surface area contributed by atoms with Gasteiger partial charge in [0, 0.05) is 37.1 Å². The van der Waals surface area contributed by atoms with Crippen LogP contribution in [0.5, 0.6) is 0 Å². The summed E-state index contributed by atoms with van der Waals surface area (Å²) in [5, 5.41) is 26.9. The van der Waals surface area contributed by atoms with E-state index in [1.807, 2.05) is 60.7 Å². The molecule has 2 atom stereocenters. The van der Waals surface area contributed by atoms with Crippen LogP contribution in [0.3, 0.4) is 0 Å².